The van der Waals surface area contributed by atoms with E-state index in [1.54, 1.807) is 18.2 Å². The third-order valence-electron chi connectivity index (χ3n) is 4.54. The lowest BCUT2D eigenvalue weighted by atomic mass is 10.1. The Balaban J connectivity index is 1.48. The Morgan fingerprint density at radius 3 is 2.63 bits per heavy atom. The highest BCUT2D eigenvalue weighted by atomic mass is 35.5. The van der Waals surface area contributed by atoms with Crippen LogP contribution < -0.4 is 10.1 Å². The second-order valence-electron chi connectivity index (χ2n) is 6.94. The Labute approximate surface area is 180 Å². The van der Waals surface area contributed by atoms with Crippen LogP contribution >= 0.6 is 11.6 Å². The van der Waals surface area contributed by atoms with Crippen molar-refractivity contribution in [1.82, 2.24) is 5.32 Å². The maximum Gasteiger partial charge on any atom is 0.374 e. The van der Waals surface area contributed by atoms with Gasteiger partial charge in [0.25, 0.3) is 5.95 Å². The first-order valence-corrected chi connectivity index (χ1v) is 9.94. The van der Waals surface area contributed by atoms with E-state index in [9.17, 15) is 9.90 Å². The van der Waals surface area contributed by atoms with E-state index in [-0.39, 0.29) is 17.7 Å². The van der Waals surface area contributed by atoms with Gasteiger partial charge in [-0.05, 0) is 54.8 Å². The summed E-state index contributed by atoms with van der Waals surface area (Å²) in [6.07, 6.45) is 0.167. The minimum absolute atomic E-state index is 0.0870. The number of benzene rings is 2. The van der Waals surface area contributed by atoms with Crippen LogP contribution in [0.2, 0.25) is 5.02 Å². The van der Waals surface area contributed by atoms with Crippen LogP contribution in [0.4, 0.5) is 0 Å². The number of furan rings is 1. The molecule has 0 aliphatic rings. The molecule has 0 saturated carbocycles. The molecule has 0 fully saturated rings. The number of aliphatic hydroxyl groups excluding tert-OH is 1. The Hall–Kier alpha value is -2.80. The number of ether oxygens (including phenoxy) is 2. The smallest absolute Gasteiger partial charge is 0.374 e. The summed E-state index contributed by atoms with van der Waals surface area (Å²) in [6, 6.07) is 18.1. The Kier molecular flexibility index (Phi) is 7.52. The van der Waals surface area contributed by atoms with Gasteiger partial charge in [-0.2, -0.15) is 0 Å². The minimum atomic E-state index is -0.620. The summed E-state index contributed by atoms with van der Waals surface area (Å²) in [5.74, 6) is 0.348. The molecule has 158 valence electrons. The quantitative estimate of drug-likeness (QED) is 0.477. The van der Waals surface area contributed by atoms with E-state index in [0.29, 0.717) is 17.3 Å². The summed E-state index contributed by atoms with van der Waals surface area (Å²) in [5.41, 5.74) is 1.91. The number of carbonyl (C=O) groups excluding carboxylic acids is 1. The van der Waals surface area contributed by atoms with Crippen LogP contribution in [0.1, 0.15) is 34.7 Å². The first kappa shape index (κ1) is 21.9. The highest BCUT2D eigenvalue weighted by Gasteiger charge is 2.13. The van der Waals surface area contributed by atoms with Crippen molar-refractivity contribution in [3.63, 3.8) is 0 Å². The van der Waals surface area contributed by atoms with Crippen LogP contribution in [-0.4, -0.2) is 30.8 Å². The van der Waals surface area contributed by atoms with E-state index in [0.717, 1.165) is 17.5 Å². The Morgan fingerprint density at radius 2 is 1.93 bits per heavy atom. The zero-order valence-electron chi connectivity index (χ0n) is 16.8. The molecular formula is C23H24ClNO5. The molecule has 7 heteroatoms. The van der Waals surface area contributed by atoms with Crippen LogP contribution in [0.3, 0.4) is 0 Å². The number of halogens is 1. The van der Waals surface area contributed by atoms with Gasteiger partial charge in [0.2, 0.25) is 5.76 Å². The molecule has 3 aromatic rings. The lowest BCUT2D eigenvalue weighted by molar-refractivity contribution is 0.0560. The van der Waals surface area contributed by atoms with Crippen LogP contribution in [-0.2, 0) is 11.2 Å². The maximum atomic E-state index is 11.4. The largest absolute Gasteiger partial charge is 0.463 e. The van der Waals surface area contributed by atoms with Crippen molar-refractivity contribution in [3.8, 4) is 11.7 Å². The molecule has 0 radical (unpaired) electrons. The van der Waals surface area contributed by atoms with Gasteiger partial charge in [-0.25, -0.2) is 4.79 Å². The third-order valence-corrected chi connectivity index (χ3v) is 4.78. The fourth-order valence-electron chi connectivity index (χ4n) is 2.97. The molecule has 0 saturated heterocycles. The lowest BCUT2D eigenvalue weighted by Crippen LogP contribution is -2.32. The zero-order chi connectivity index (χ0) is 21.5. The van der Waals surface area contributed by atoms with Crippen molar-refractivity contribution >= 4 is 17.6 Å². The Bertz CT molecular complexity index is 970. The predicted octanol–water partition coefficient (Wildman–Crippen LogP) is 4.77. The summed E-state index contributed by atoms with van der Waals surface area (Å²) >= 11 is 5.98. The van der Waals surface area contributed by atoms with E-state index >= 15 is 0 Å². The molecule has 2 N–H and O–H groups in total. The van der Waals surface area contributed by atoms with Gasteiger partial charge in [-0.15, -0.1) is 0 Å². The highest BCUT2D eigenvalue weighted by molar-refractivity contribution is 6.30. The standard InChI is InChI=1S/C23H24ClNO5/c1-15(25-14-20(26)17-4-3-5-18(24)13-17)12-16-6-8-19(9-7-16)29-22-11-10-21(30-22)23(27)28-2/h3-11,13,15,20,25-26H,12,14H2,1-2H3. The monoisotopic (exact) mass is 429 g/mol. The Morgan fingerprint density at radius 1 is 1.17 bits per heavy atom. The lowest BCUT2D eigenvalue weighted by Gasteiger charge is -2.18. The molecule has 2 aromatic carbocycles. The van der Waals surface area contributed by atoms with Gasteiger partial charge in [0, 0.05) is 23.7 Å². The number of carbonyl (C=O) groups is 1. The van der Waals surface area contributed by atoms with Crippen molar-refractivity contribution < 1.29 is 23.8 Å². The molecule has 1 heterocycles. The van der Waals surface area contributed by atoms with Gasteiger partial charge < -0.3 is 24.3 Å². The normalized spacial score (nSPS) is 12.9. The minimum Gasteiger partial charge on any atom is -0.463 e. The van der Waals surface area contributed by atoms with Gasteiger partial charge in [0.15, 0.2) is 0 Å². The molecular weight excluding hydrogens is 406 g/mol. The van der Waals surface area contributed by atoms with Crippen LogP contribution in [0, 0.1) is 0 Å². The van der Waals surface area contributed by atoms with E-state index in [1.807, 2.05) is 36.4 Å². The van der Waals surface area contributed by atoms with E-state index in [2.05, 4.69) is 17.0 Å². The van der Waals surface area contributed by atoms with Crippen LogP contribution in [0.5, 0.6) is 11.7 Å². The summed E-state index contributed by atoms with van der Waals surface area (Å²) in [7, 11) is 1.29. The molecule has 0 spiro atoms. The van der Waals surface area contributed by atoms with E-state index in [1.165, 1.54) is 13.2 Å². The molecule has 3 rings (SSSR count). The van der Waals surface area contributed by atoms with Gasteiger partial charge in [-0.3, -0.25) is 0 Å². The zero-order valence-corrected chi connectivity index (χ0v) is 17.6. The first-order valence-electron chi connectivity index (χ1n) is 9.56. The second-order valence-corrected chi connectivity index (χ2v) is 7.38. The fraction of sp³-hybridized carbons (Fsp3) is 0.261. The number of esters is 1. The molecule has 6 nitrogen and oxygen atoms in total. The predicted molar refractivity (Wildman–Crippen MR) is 114 cm³/mol. The summed E-state index contributed by atoms with van der Waals surface area (Å²) in [5, 5.41) is 14.3. The average molecular weight is 430 g/mol. The number of hydrogen-bond acceptors (Lipinski definition) is 6. The SMILES string of the molecule is COC(=O)c1ccc(Oc2ccc(CC(C)NCC(O)c3cccc(Cl)c3)cc2)o1. The van der Waals surface area contributed by atoms with Gasteiger partial charge in [0.1, 0.15) is 5.75 Å². The molecule has 0 aliphatic heterocycles. The van der Waals surface area contributed by atoms with Crippen molar-refractivity contribution in [2.45, 2.75) is 25.5 Å². The van der Waals surface area contributed by atoms with Gasteiger partial charge in [0.05, 0.1) is 13.2 Å². The summed E-state index contributed by atoms with van der Waals surface area (Å²) < 4.78 is 15.5. The van der Waals surface area contributed by atoms with Gasteiger partial charge >= 0.3 is 5.97 Å². The number of nitrogens with one attached hydrogen (secondary N) is 1. The maximum absolute atomic E-state index is 11.4. The van der Waals surface area contributed by atoms with Crippen molar-refractivity contribution in [2.24, 2.45) is 0 Å². The molecule has 2 unspecified atom stereocenters. The second kappa shape index (κ2) is 10.3. The van der Waals surface area contributed by atoms with Crippen molar-refractivity contribution in [1.29, 1.82) is 0 Å². The molecule has 0 bridgehead atoms. The third kappa shape index (κ3) is 6.10. The van der Waals surface area contributed by atoms with E-state index < -0.39 is 12.1 Å². The molecule has 30 heavy (non-hydrogen) atoms. The molecule has 0 amide bonds. The summed E-state index contributed by atoms with van der Waals surface area (Å²) in [4.78, 5) is 11.4. The summed E-state index contributed by atoms with van der Waals surface area (Å²) in [6.45, 7) is 2.50. The van der Waals surface area contributed by atoms with Crippen molar-refractivity contribution in [2.75, 3.05) is 13.7 Å². The number of rotatable bonds is 9. The molecule has 2 atom stereocenters. The first-order chi connectivity index (χ1) is 14.4. The highest BCUT2D eigenvalue weighted by Crippen LogP contribution is 2.24. The number of methoxy groups -OCH3 is 1. The van der Waals surface area contributed by atoms with Crippen LogP contribution in [0.15, 0.2) is 65.1 Å². The van der Waals surface area contributed by atoms with Crippen LogP contribution in [0.25, 0.3) is 0 Å². The fourth-order valence-corrected chi connectivity index (χ4v) is 3.16. The van der Waals surface area contributed by atoms with Crippen molar-refractivity contribution in [3.05, 3.63) is 82.6 Å². The number of aliphatic hydroxyl groups is 1. The topological polar surface area (TPSA) is 80.9 Å². The molecule has 1 aromatic heterocycles. The van der Waals surface area contributed by atoms with Gasteiger partial charge in [-0.1, -0.05) is 35.9 Å². The average Bonchev–Trinajstić information content (AvgIpc) is 3.21. The molecule has 0 aliphatic carbocycles. The van der Waals surface area contributed by atoms with E-state index in [4.69, 9.17) is 20.8 Å². The number of hydrogen-bond donors (Lipinski definition) is 2.